The molecule has 0 unspecified atom stereocenters. The van der Waals surface area contributed by atoms with Crippen LogP contribution in [-0.4, -0.2) is 0 Å². The van der Waals surface area contributed by atoms with Gasteiger partial charge in [-0.3, -0.25) is 0 Å². The molecule has 0 aromatic heterocycles. The van der Waals surface area contributed by atoms with Crippen LogP contribution in [0.2, 0.25) is 0 Å². The molecule has 0 radical (unpaired) electrons. The lowest BCUT2D eigenvalue weighted by Gasteiger charge is -2.01. The molecule has 0 amide bonds. The fourth-order valence-electron chi connectivity index (χ4n) is 0.919. The molecule has 0 aliphatic rings. The predicted octanol–water partition coefficient (Wildman–Crippen LogP) is 3.46. The number of allylic oxidation sites excluding steroid dienone is 1. The van der Waals surface area contributed by atoms with Crippen LogP contribution in [0, 0.1) is 23.0 Å². The molecular formula is C10H6ClF2N. The van der Waals surface area contributed by atoms with Crippen LogP contribution in [0.25, 0.3) is 5.03 Å². The summed E-state index contributed by atoms with van der Waals surface area (Å²) in [6.45, 7) is 1.46. The minimum atomic E-state index is -0.774. The molecule has 72 valence electrons. The first-order valence-corrected chi connectivity index (χ1v) is 4.16. The van der Waals surface area contributed by atoms with Crippen molar-refractivity contribution in [2.75, 3.05) is 0 Å². The van der Waals surface area contributed by atoms with Crippen molar-refractivity contribution >= 4 is 16.6 Å². The Kier molecular flexibility index (Phi) is 3.21. The Balaban J connectivity index is 3.29. The summed E-state index contributed by atoms with van der Waals surface area (Å²) < 4.78 is 25.7. The second kappa shape index (κ2) is 4.21. The van der Waals surface area contributed by atoms with Gasteiger partial charge in [0.05, 0.1) is 11.1 Å². The van der Waals surface area contributed by atoms with E-state index in [4.69, 9.17) is 16.9 Å². The number of hydrogen-bond donors (Lipinski definition) is 0. The van der Waals surface area contributed by atoms with Crippen LogP contribution < -0.4 is 0 Å². The van der Waals surface area contributed by atoms with Gasteiger partial charge >= 0.3 is 0 Å². The zero-order valence-corrected chi connectivity index (χ0v) is 8.07. The number of hydrogen-bond acceptors (Lipinski definition) is 1. The van der Waals surface area contributed by atoms with Gasteiger partial charge in [-0.15, -0.1) is 0 Å². The highest BCUT2D eigenvalue weighted by atomic mass is 35.5. The van der Waals surface area contributed by atoms with Gasteiger partial charge in [-0.25, -0.2) is 8.78 Å². The molecule has 0 saturated heterocycles. The SMILES string of the molecule is CC(C#N)=C(Cl)c1ccc(F)cc1F. The molecule has 1 aromatic carbocycles. The van der Waals surface area contributed by atoms with Gasteiger partial charge in [-0.2, -0.15) is 5.26 Å². The van der Waals surface area contributed by atoms with Crippen molar-refractivity contribution in [3.05, 3.63) is 41.0 Å². The average molecular weight is 214 g/mol. The summed E-state index contributed by atoms with van der Waals surface area (Å²) in [5, 5.41) is 8.53. The van der Waals surface area contributed by atoms with Crippen LogP contribution in [0.1, 0.15) is 12.5 Å². The van der Waals surface area contributed by atoms with Crippen molar-refractivity contribution in [2.45, 2.75) is 6.92 Å². The summed E-state index contributed by atoms with van der Waals surface area (Å²) in [7, 11) is 0. The van der Waals surface area contributed by atoms with E-state index in [9.17, 15) is 8.78 Å². The fourth-order valence-corrected chi connectivity index (χ4v) is 1.11. The summed E-state index contributed by atoms with van der Waals surface area (Å²) in [6.07, 6.45) is 0. The Bertz CT molecular complexity index is 432. The van der Waals surface area contributed by atoms with E-state index in [1.54, 1.807) is 6.07 Å². The minimum Gasteiger partial charge on any atom is -0.207 e. The highest BCUT2D eigenvalue weighted by molar-refractivity contribution is 6.49. The van der Waals surface area contributed by atoms with Crippen LogP contribution in [0.5, 0.6) is 0 Å². The molecule has 0 fully saturated rings. The van der Waals surface area contributed by atoms with Gasteiger partial charge in [0, 0.05) is 17.2 Å². The summed E-state index contributed by atoms with van der Waals surface area (Å²) in [5.41, 5.74) is 0.226. The van der Waals surface area contributed by atoms with E-state index in [-0.39, 0.29) is 16.2 Å². The molecule has 0 saturated carbocycles. The lowest BCUT2D eigenvalue weighted by Crippen LogP contribution is -1.88. The first-order valence-electron chi connectivity index (χ1n) is 3.78. The molecule has 1 rings (SSSR count). The first kappa shape index (κ1) is 10.7. The van der Waals surface area contributed by atoms with Crippen molar-refractivity contribution in [1.82, 2.24) is 0 Å². The highest BCUT2D eigenvalue weighted by Crippen LogP contribution is 2.25. The molecule has 0 spiro atoms. The van der Waals surface area contributed by atoms with E-state index in [1.165, 1.54) is 13.0 Å². The Morgan fingerprint density at radius 2 is 2.07 bits per heavy atom. The second-order valence-corrected chi connectivity index (χ2v) is 3.05. The summed E-state index contributed by atoms with van der Waals surface area (Å²) in [4.78, 5) is 0. The van der Waals surface area contributed by atoms with E-state index in [0.717, 1.165) is 12.1 Å². The number of nitriles is 1. The highest BCUT2D eigenvalue weighted by Gasteiger charge is 2.09. The summed E-state index contributed by atoms with van der Waals surface area (Å²) in [6, 6.07) is 4.81. The maximum absolute atomic E-state index is 13.1. The van der Waals surface area contributed by atoms with E-state index < -0.39 is 11.6 Å². The van der Waals surface area contributed by atoms with Crippen LogP contribution >= 0.6 is 11.6 Å². The summed E-state index contributed by atoms with van der Waals surface area (Å²) in [5.74, 6) is -1.45. The molecule has 0 heterocycles. The average Bonchev–Trinajstić information content (AvgIpc) is 2.15. The third-order valence-corrected chi connectivity index (χ3v) is 2.15. The standard InChI is InChI=1S/C10H6ClF2N/c1-6(5-14)10(11)8-3-2-7(12)4-9(8)13/h2-4H,1H3. The van der Waals surface area contributed by atoms with Crippen LogP contribution in [-0.2, 0) is 0 Å². The Labute approximate surface area is 85.2 Å². The molecule has 0 aliphatic carbocycles. The predicted molar refractivity (Wildman–Crippen MR) is 50.4 cm³/mol. The molecule has 0 aliphatic heterocycles. The van der Waals surface area contributed by atoms with Gasteiger partial charge in [-0.05, 0) is 19.1 Å². The molecule has 14 heavy (non-hydrogen) atoms. The van der Waals surface area contributed by atoms with Crippen molar-refractivity contribution in [3.63, 3.8) is 0 Å². The quantitative estimate of drug-likeness (QED) is 0.656. The van der Waals surface area contributed by atoms with Crippen molar-refractivity contribution in [3.8, 4) is 6.07 Å². The molecule has 0 bridgehead atoms. The zero-order valence-electron chi connectivity index (χ0n) is 7.31. The van der Waals surface area contributed by atoms with Crippen LogP contribution in [0.3, 0.4) is 0 Å². The lowest BCUT2D eigenvalue weighted by molar-refractivity contribution is 0.581. The van der Waals surface area contributed by atoms with Gasteiger partial charge in [0.2, 0.25) is 0 Å². The van der Waals surface area contributed by atoms with Crippen LogP contribution in [0.4, 0.5) is 8.78 Å². The Morgan fingerprint density at radius 3 is 2.57 bits per heavy atom. The van der Waals surface area contributed by atoms with Crippen molar-refractivity contribution in [2.24, 2.45) is 0 Å². The number of benzene rings is 1. The molecule has 1 aromatic rings. The minimum absolute atomic E-state index is 0.00463. The van der Waals surface area contributed by atoms with Gasteiger partial charge in [0.15, 0.2) is 0 Å². The third kappa shape index (κ3) is 2.09. The fraction of sp³-hybridized carbons (Fsp3) is 0.100. The van der Waals surface area contributed by atoms with E-state index in [1.807, 2.05) is 0 Å². The van der Waals surface area contributed by atoms with E-state index >= 15 is 0 Å². The van der Waals surface area contributed by atoms with Gasteiger partial charge < -0.3 is 0 Å². The molecule has 1 nitrogen and oxygen atoms in total. The smallest absolute Gasteiger partial charge is 0.134 e. The maximum atomic E-state index is 13.1. The lowest BCUT2D eigenvalue weighted by atomic mass is 10.1. The molecule has 4 heteroatoms. The Morgan fingerprint density at radius 1 is 1.43 bits per heavy atom. The van der Waals surface area contributed by atoms with Crippen molar-refractivity contribution < 1.29 is 8.78 Å². The first-order chi connectivity index (χ1) is 6.56. The number of nitrogens with zero attached hydrogens (tertiary/aromatic N) is 1. The molecule has 0 atom stereocenters. The van der Waals surface area contributed by atoms with Gasteiger partial charge in [-0.1, -0.05) is 11.6 Å². The van der Waals surface area contributed by atoms with Crippen LogP contribution in [0.15, 0.2) is 23.8 Å². The second-order valence-electron chi connectivity index (χ2n) is 2.67. The van der Waals surface area contributed by atoms with Gasteiger partial charge in [0.25, 0.3) is 0 Å². The maximum Gasteiger partial charge on any atom is 0.134 e. The summed E-state index contributed by atoms with van der Waals surface area (Å²) >= 11 is 5.71. The molecular weight excluding hydrogens is 208 g/mol. The van der Waals surface area contributed by atoms with E-state index in [0.29, 0.717) is 0 Å². The molecule has 0 N–H and O–H groups in total. The zero-order chi connectivity index (χ0) is 10.7. The normalized spacial score (nSPS) is 11.9. The Hall–Kier alpha value is -1.40. The monoisotopic (exact) mass is 213 g/mol. The number of halogens is 3. The van der Waals surface area contributed by atoms with Gasteiger partial charge in [0.1, 0.15) is 11.6 Å². The number of rotatable bonds is 1. The topological polar surface area (TPSA) is 23.8 Å². The largest absolute Gasteiger partial charge is 0.207 e. The third-order valence-electron chi connectivity index (χ3n) is 1.66. The van der Waals surface area contributed by atoms with E-state index in [2.05, 4.69) is 0 Å². The van der Waals surface area contributed by atoms with Crippen molar-refractivity contribution in [1.29, 1.82) is 5.26 Å².